The van der Waals surface area contributed by atoms with E-state index in [9.17, 15) is 18.8 Å². The Morgan fingerprint density at radius 1 is 1.11 bits per heavy atom. The maximum atomic E-state index is 13.8. The Labute approximate surface area is 164 Å². The SMILES string of the molecule is CCCn1nc(C(=O)NNC(=O)c2cc(Cl)ccc2F)c2ccccc2c1=O. The van der Waals surface area contributed by atoms with E-state index in [2.05, 4.69) is 16.0 Å². The molecule has 9 heteroatoms. The number of rotatable bonds is 4. The molecule has 1 heterocycles. The zero-order valence-electron chi connectivity index (χ0n) is 14.8. The predicted molar refractivity (Wildman–Crippen MR) is 103 cm³/mol. The van der Waals surface area contributed by atoms with Crippen molar-refractivity contribution in [3.05, 3.63) is 74.9 Å². The van der Waals surface area contributed by atoms with Gasteiger partial charge in [-0.25, -0.2) is 9.07 Å². The first-order chi connectivity index (χ1) is 13.4. The van der Waals surface area contributed by atoms with Gasteiger partial charge in [0.05, 0.1) is 10.9 Å². The number of hydrogen-bond donors (Lipinski definition) is 2. The molecule has 0 fully saturated rings. The van der Waals surface area contributed by atoms with Crippen molar-refractivity contribution in [3.8, 4) is 0 Å². The minimum atomic E-state index is -0.875. The van der Waals surface area contributed by atoms with Crippen LogP contribution in [-0.2, 0) is 6.54 Å². The van der Waals surface area contributed by atoms with Crippen LogP contribution in [0.2, 0.25) is 5.02 Å². The van der Waals surface area contributed by atoms with Gasteiger partial charge < -0.3 is 0 Å². The number of hydrogen-bond acceptors (Lipinski definition) is 4. The monoisotopic (exact) mass is 402 g/mol. The lowest BCUT2D eigenvalue weighted by Gasteiger charge is -2.11. The number of hydrazine groups is 1. The average Bonchev–Trinajstić information content (AvgIpc) is 2.70. The fourth-order valence-electron chi connectivity index (χ4n) is 2.68. The third-order valence-electron chi connectivity index (χ3n) is 3.98. The minimum absolute atomic E-state index is 0.0319. The maximum Gasteiger partial charge on any atom is 0.290 e. The van der Waals surface area contributed by atoms with Crippen molar-refractivity contribution < 1.29 is 14.0 Å². The Balaban J connectivity index is 1.89. The highest BCUT2D eigenvalue weighted by Gasteiger charge is 2.18. The lowest BCUT2D eigenvalue weighted by molar-refractivity contribution is 0.0841. The largest absolute Gasteiger partial charge is 0.290 e. The van der Waals surface area contributed by atoms with Gasteiger partial charge in [0.25, 0.3) is 17.4 Å². The van der Waals surface area contributed by atoms with E-state index in [4.69, 9.17) is 11.6 Å². The minimum Gasteiger partial charge on any atom is -0.267 e. The Morgan fingerprint density at radius 2 is 1.79 bits per heavy atom. The van der Waals surface area contributed by atoms with E-state index < -0.39 is 17.6 Å². The van der Waals surface area contributed by atoms with Gasteiger partial charge in [-0.15, -0.1) is 0 Å². The number of nitrogens with zero attached hydrogens (tertiary/aromatic N) is 2. The molecule has 144 valence electrons. The molecule has 0 radical (unpaired) electrons. The van der Waals surface area contributed by atoms with E-state index in [0.717, 1.165) is 12.1 Å². The quantitative estimate of drug-likeness (QED) is 0.656. The van der Waals surface area contributed by atoms with Crippen LogP contribution in [0.3, 0.4) is 0 Å². The molecule has 0 atom stereocenters. The number of carbonyl (C=O) groups excluding carboxylic acids is 2. The summed E-state index contributed by atoms with van der Waals surface area (Å²) in [5, 5.41) is 4.98. The Morgan fingerprint density at radius 3 is 2.50 bits per heavy atom. The van der Waals surface area contributed by atoms with Gasteiger partial charge in [0, 0.05) is 17.0 Å². The summed E-state index contributed by atoms with van der Waals surface area (Å²) in [5.74, 6) is -2.40. The van der Waals surface area contributed by atoms with Crippen molar-refractivity contribution in [2.75, 3.05) is 0 Å². The smallest absolute Gasteiger partial charge is 0.267 e. The number of nitrogens with one attached hydrogen (secondary N) is 2. The highest BCUT2D eigenvalue weighted by atomic mass is 35.5. The molecule has 0 saturated heterocycles. The summed E-state index contributed by atoms with van der Waals surface area (Å²) in [4.78, 5) is 37.2. The molecular weight excluding hydrogens is 387 g/mol. The second-order valence-corrected chi connectivity index (χ2v) is 6.39. The van der Waals surface area contributed by atoms with Gasteiger partial charge >= 0.3 is 0 Å². The van der Waals surface area contributed by atoms with Crippen molar-refractivity contribution in [1.82, 2.24) is 20.6 Å². The highest BCUT2D eigenvalue weighted by molar-refractivity contribution is 6.31. The summed E-state index contributed by atoms with van der Waals surface area (Å²) >= 11 is 5.77. The first-order valence-electron chi connectivity index (χ1n) is 8.48. The van der Waals surface area contributed by atoms with Crippen LogP contribution in [-0.4, -0.2) is 21.6 Å². The van der Waals surface area contributed by atoms with Gasteiger partial charge in [-0.05, 0) is 30.7 Å². The van der Waals surface area contributed by atoms with Crippen LogP contribution >= 0.6 is 11.6 Å². The number of aromatic nitrogens is 2. The Bertz CT molecular complexity index is 1130. The number of benzene rings is 2. The van der Waals surface area contributed by atoms with Crippen LogP contribution in [0.25, 0.3) is 10.8 Å². The van der Waals surface area contributed by atoms with E-state index in [0.29, 0.717) is 23.7 Å². The van der Waals surface area contributed by atoms with Crippen LogP contribution < -0.4 is 16.4 Å². The van der Waals surface area contributed by atoms with Crippen molar-refractivity contribution >= 4 is 34.2 Å². The Kier molecular flexibility index (Phi) is 5.70. The summed E-state index contributed by atoms with van der Waals surface area (Å²) in [6, 6.07) is 10.0. The molecule has 2 aromatic carbocycles. The highest BCUT2D eigenvalue weighted by Crippen LogP contribution is 2.15. The molecule has 2 N–H and O–H groups in total. The lowest BCUT2D eigenvalue weighted by Crippen LogP contribution is -2.43. The van der Waals surface area contributed by atoms with E-state index in [1.165, 1.54) is 10.7 Å². The van der Waals surface area contributed by atoms with Gasteiger partial charge in [0.2, 0.25) is 0 Å². The molecule has 28 heavy (non-hydrogen) atoms. The number of halogens is 2. The number of amides is 2. The molecule has 0 aliphatic carbocycles. The zero-order chi connectivity index (χ0) is 20.3. The van der Waals surface area contributed by atoms with Gasteiger partial charge in [0.1, 0.15) is 5.82 Å². The summed E-state index contributed by atoms with van der Waals surface area (Å²) in [6.45, 7) is 2.22. The van der Waals surface area contributed by atoms with E-state index >= 15 is 0 Å². The van der Waals surface area contributed by atoms with Crippen LogP contribution in [0.1, 0.15) is 34.2 Å². The molecule has 0 aliphatic heterocycles. The van der Waals surface area contributed by atoms with E-state index in [1.54, 1.807) is 24.3 Å². The van der Waals surface area contributed by atoms with Crippen LogP contribution in [0.15, 0.2) is 47.3 Å². The predicted octanol–water partition coefficient (Wildman–Crippen LogP) is 2.67. The summed E-state index contributed by atoms with van der Waals surface area (Å²) in [6.07, 6.45) is 0.650. The molecule has 0 bridgehead atoms. The Hall–Kier alpha value is -3.26. The van der Waals surface area contributed by atoms with Crippen LogP contribution in [0.4, 0.5) is 4.39 Å². The zero-order valence-corrected chi connectivity index (χ0v) is 15.6. The fraction of sp³-hybridized carbons (Fsp3) is 0.158. The third kappa shape index (κ3) is 3.86. The van der Waals surface area contributed by atoms with Crippen molar-refractivity contribution in [3.63, 3.8) is 0 Å². The number of carbonyl (C=O) groups is 2. The molecule has 1 aromatic heterocycles. The van der Waals surface area contributed by atoms with Gasteiger partial charge in [-0.2, -0.15) is 5.10 Å². The molecule has 7 nitrogen and oxygen atoms in total. The number of aryl methyl sites for hydroxylation is 1. The topological polar surface area (TPSA) is 93.1 Å². The summed E-state index contributed by atoms with van der Waals surface area (Å²) < 4.78 is 15.0. The lowest BCUT2D eigenvalue weighted by atomic mass is 10.1. The van der Waals surface area contributed by atoms with Crippen molar-refractivity contribution in [2.24, 2.45) is 0 Å². The van der Waals surface area contributed by atoms with Gasteiger partial charge in [-0.3, -0.25) is 25.2 Å². The third-order valence-corrected chi connectivity index (χ3v) is 4.22. The van der Waals surface area contributed by atoms with E-state index in [1.807, 2.05) is 6.92 Å². The van der Waals surface area contributed by atoms with Gasteiger partial charge in [0.15, 0.2) is 5.69 Å². The first-order valence-corrected chi connectivity index (χ1v) is 8.85. The molecule has 3 aromatic rings. The molecular formula is C19H16ClFN4O3. The summed E-state index contributed by atoms with van der Waals surface area (Å²) in [5.41, 5.74) is 3.67. The maximum absolute atomic E-state index is 13.8. The van der Waals surface area contributed by atoms with Crippen molar-refractivity contribution in [2.45, 2.75) is 19.9 Å². The molecule has 0 unspecified atom stereocenters. The van der Waals surface area contributed by atoms with Gasteiger partial charge in [-0.1, -0.05) is 36.7 Å². The van der Waals surface area contributed by atoms with Crippen molar-refractivity contribution in [1.29, 1.82) is 0 Å². The number of fused-ring (bicyclic) bond motifs is 1. The first kappa shape index (κ1) is 19.5. The van der Waals surface area contributed by atoms with Crippen LogP contribution in [0.5, 0.6) is 0 Å². The fourth-order valence-corrected chi connectivity index (χ4v) is 2.85. The second-order valence-electron chi connectivity index (χ2n) is 5.95. The standard InChI is InChI=1S/C19H16ClFN4O3/c1-2-9-25-19(28)13-6-4-3-5-12(13)16(24-25)18(27)23-22-17(26)14-10-11(20)7-8-15(14)21/h3-8,10H,2,9H2,1H3,(H,22,26)(H,23,27). The second kappa shape index (κ2) is 8.18. The molecule has 2 amide bonds. The van der Waals surface area contributed by atoms with Crippen LogP contribution in [0, 0.1) is 5.82 Å². The molecule has 0 spiro atoms. The normalized spacial score (nSPS) is 10.7. The summed E-state index contributed by atoms with van der Waals surface area (Å²) in [7, 11) is 0. The van der Waals surface area contributed by atoms with E-state index in [-0.39, 0.29) is 21.8 Å². The molecule has 0 aliphatic rings. The average molecular weight is 403 g/mol. The molecule has 3 rings (SSSR count). The molecule has 0 saturated carbocycles.